The molecule has 164 valence electrons. The van der Waals surface area contributed by atoms with Gasteiger partial charge in [0.1, 0.15) is 30.5 Å². The van der Waals surface area contributed by atoms with Gasteiger partial charge in [-0.05, 0) is 53.6 Å². The van der Waals surface area contributed by atoms with Crippen molar-refractivity contribution in [1.82, 2.24) is 0 Å². The molecule has 0 spiro atoms. The number of ether oxygens (including phenoxy) is 4. The monoisotopic (exact) mass is 442 g/mol. The summed E-state index contributed by atoms with van der Waals surface area (Å²) in [5.74, 6) is 1.39. The van der Waals surface area contributed by atoms with E-state index in [1.165, 1.54) is 0 Å². The van der Waals surface area contributed by atoms with Crippen molar-refractivity contribution in [1.29, 1.82) is 0 Å². The fourth-order valence-corrected chi connectivity index (χ4v) is 4.40. The van der Waals surface area contributed by atoms with E-state index in [9.17, 15) is 14.7 Å². The lowest BCUT2D eigenvalue weighted by Gasteiger charge is -2.26. The first-order valence-corrected chi connectivity index (χ1v) is 10.6. The first kappa shape index (κ1) is 19.4. The smallest absolute Gasteiger partial charge is 0.312 e. The maximum absolute atomic E-state index is 13.1. The Balaban J connectivity index is 1.41. The van der Waals surface area contributed by atoms with E-state index in [1.54, 1.807) is 54.6 Å². The highest BCUT2D eigenvalue weighted by Gasteiger charge is 2.38. The molecule has 7 heteroatoms. The van der Waals surface area contributed by atoms with Crippen LogP contribution < -0.4 is 18.9 Å². The SMILES string of the molecule is O=C1C[C@H](c2ccc(O)cc2)c2c(ccc3c2O/C(=C\c2ccc4c(c2)OCCO4)C3=O)O1. The number of hydrogen-bond donors (Lipinski definition) is 1. The summed E-state index contributed by atoms with van der Waals surface area (Å²) < 4.78 is 22.7. The van der Waals surface area contributed by atoms with Gasteiger partial charge in [0, 0.05) is 11.5 Å². The minimum absolute atomic E-state index is 0.104. The maximum atomic E-state index is 13.1. The van der Waals surface area contributed by atoms with Crippen molar-refractivity contribution < 1.29 is 33.6 Å². The van der Waals surface area contributed by atoms with Crippen LogP contribution in [0.1, 0.15) is 39.4 Å². The summed E-state index contributed by atoms with van der Waals surface area (Å²) in [5, 5.41) is 9.66. The number of phenols is 1. The highest BCUT2D eigenvalue weighted by atomic mass is 16.6. The van der Waals surface area contributed by atoms with Crippen molar-refractivity contribution >= 4 is 17.8 Å². The topological polar surface area (TPSA) is 91.3 Å². The summed E-state index contributed by atoms with van der Waals surface area (Å²) >= 11 is 0. The average molecular weight is 442 g/mol. The van der Waals surface area contributed by atoms with Gasteiger partial charge in [-0.15, -0.1) is 0 Å². The van der Waals surface area contributed by atoms with E-state index >= 15 is 0 Å². The molecule has 3 aliphatic rings. The van der Waals surface area contributed by atoms with Crippen molar-refractivity contribution in [3.8, 4) is 28.7 Å². The highest BCUT2D eigenvalue weighted by molar-refractivity contribution is 6.15. The van der Waals surface area contributed by atoms with E-state index in [2.05, 4.69) is 0 Å². The van der Waals surface area contributed by atoms with E-state index < -0.39 is 0 Å². The number of carbonyl (C=O) groups is 2. The normalized spacial score (nSPS) is 19.5. The van der Waals surface area contributed by atoms with Crippen LogP contribution in [0.2, 0.25) is 0 Å². The number of benzene rings is 3. The number of esters is 1. The third-order valence-corrected chi connectivity index (χ3v) is 5.94. The van der Waals surface area contributed by atoms with Gasteiger partial charge in [0.05, 0.1) is 12.0 Å². The zero-order chi connectivity index (χ0) is 22.5. The Kier molecular flexibility index (Phi) is 4.36. The van der Waals surface area contributed by atoms with Crippen LogP contribution in [-0.2, 0) is 4.79 Å². The van der Waals surface area contributed by atoms with Gasteiger partial charge >= 0.3 is 5.97 Å². The fraction of sp³-hybridized carbons (Fsp3) is 0.154. The molecule has 1 atom stereocenters. The molecule has 3 heterocycles. The Bertz CT molecular complexity index is 1340. The summed E-state index contributed by atoms with van der Waals surface area (Å²) in [6.07, 6.45) is 1.77. The van der Waals surface area contributed by atoms with Crippen LogP contribution in [0.15, 0.2) is 60.4 Å². The third kappa shape index (κ3) is 3.29. The molecule has 0 saturated carbocycles. The number of Topliss-reactive ketones (excluding diaryl/α,β-unsaturated/α-hetero) is 1. The largest absolute Gasteiger partial charge is 0.508 e. The molecule has 0 aromatic heterocycles. The van der Waals surface area contributed by atoms with E-state index in [0.717, 1.165) is 11.1 Å². The number of phenolic OH excluding ortho intramolecular Hbond substituents is 1. The van der Waals surface area contributed by atoms with Gasteiger partial charge in [-0.25, -0.2) is 0 Å². The van der Waals surface area contributed by atoms with Crippen molar-refractivity contribution in [2.45, 2.75) is 12.3 Å². The number of rotatable bonds is 2. The Morgan fingerprint density at radius 1 is 0.848 bits per heavy atom. The highest BCUT2D eigenvalue weighted by Crippen LogP contribution is 2.49. The zero-order valence-electron chi connectivity index (χ0n) is 17.4. The molecule has 3 aromatic rings. The molecular weight excluding hydrogens is 424 g/mol. The van der Waals surface area contributed by atoms with Gasteiger partial charge in [0.25, 0.3) is 0 Å². The van der Waals surface area contributed by atoms with Gasteiger partial charge in [-0.2, -0.15) is 0 Å². The number of hydrogen-bond acceptors (Lipinski definition) is 7. The molecule has 3 aromatic carbocycles. The fourth-order valence-electron chi connectivity index (χ4n) is 4.40. The molecule has 6 rings (SSSR count). The quantitative estimate of drug-likeness (QED) is 0.361. The zero-order valence-corrected chi connectivity index (χ0v) is 17.4. The van der Waals surface area contributed by atoms with E-state index in [4.69, 9.17) is 18.9 Å². The number of carbonyl (C=O) groups excluding carboxylic acids is 2. The molecule has 0 amide bonds. The van der Waals surface area contributed by atoms with Crippen molar-refractivity contribution in [2.75, 3.05) is 13.2 Å². The lowest BCUT2D eigenvalue weighted by atomic mass is 9.84. The number of fused-ring (bicyclic) bond motifs is 4. The molecular formula is C26H18O7. The van der Waals surface area contributed by atoms with Gasteiger partial charge in [-0.1, -0.05) is 18.2 Å². The van der Waals surface area contributed by atoms with Gasteiger partial charge in [-0.3, -0.25) is 9.59 Å². The minimum Gasteiger partial charge on any atom is -0.508 e. The first-order chi connectivity index (χ1) is 16.1. The van der Waals surface area contributed by atoms with E-state index in [1.807, 2.05) is 6.07 Å². The van der Waals surface area contributed by atoms with E-state index in [0.29, 0.717) is 47.3 Å². The van der Waals surface area contributed by atoms with Gasteiger partial charge < -0.3 is 24.1 Å². The lowest BCUT2D eigenvalue weighted by molar-refractivity contribution is -0.135. The van der Waals surface area contributed by atoms with Gasteiger partial charge in [0.15, 0.2) is 17.3 Å². The molecule has 0 bridgehead atoms. The van der Waals surface area contributed by atoms with Crippen LogP contribution in [0.5, 0.6) is 28.7 Å². The Morgan fingerprint density at radius 3 is 2.42 bits per heavy atom. The molecule has 3 aliphatic heterocycles. The Hall–Kier alpha value is -4.26. The summed E-state index contributed by atoms with van der Waals surface area (Å²) in [6.45, 7) is 0.972. The first-order valence-electron chi connectivity index (χ1n) is 10.6. The second-order valence-electron chi connectivity index (χ2n) is 8.02. The molecule has 0 radical (unpaired) electrons. The third-order valence-electron chi connectivity index (χ3n) is 5.94. The molecule has 7 nitrogen and oxygen atoms in total. The van der Waals surface area contributed by atoms with E-state index in [-0.39, 0.29) is 35.6 Å². The minimum atomic E-state index is -0.364. The second-order valence-corrected chi connectivity index (χ2v) is 8.02. The van der Waals surface area contributed by atoms with Crippen LogP contribution in [0, 0.1) is 0 Å². The molecule has 0 aliphatic carbocycles. The molecule has 0 saturated heterocycles. The molecule has 1 N–H and O–H groups in total. The van der Waals surface area contributed by atoms with Crippen molar-refractivity contribution in [3.05, 3.63) is 82.6 Å². The van der Waals surface area contributed by atoms with Crippen LogP contribution in [0.3, 0.4) is 0 Å². The summed E-state index contributed by atoms with van der Waals surface area (Å²) in [4.78, 5) is 25.4. The number of aromatic hydroxyl groups is 1. The number of allylic oxidation sites excluding steroid dienone is 1. The predicted octanol–water partition coefficient (Wildman–Crippen LogP) is 4.22. The Morgan fingerprint density at radius 2 is 1.61 bits per heavy atom. The van der Waals surface area contributed by atoms with Crippen LogP contribution in [0.4, 0.5) is 0 Å². The molecule has 33 heavy (non-hydrogen) atoms. The second kappa shape index (κ2) is 7.41. The standard InChI is InChI=1S/C26H18O7/c27-16-4-2-15(3-5-16)18-13-23(28)32-20-8-6-17-25(29)22(33-26(17)24(18)20)12-14-1-7-19-21(11-14)31-10-9-30-19/h1-8,11-12,18,27H,9-10,13H2/b22-12-/t18-/m1/s1. The van der Waals surface area contributed by atoms with Crippen LogP contribution >= 0.6 is 0 Å². The van der Waals surface area contributed by atoms with Gasteiger partial charge in [0.2, 0.25) is 5.78 Å². The predicted molar refractivity (Wildman–Crippen MR) is 117 cm³/mol. The Labute approximate surface area is 188 Å². The van der Waals surface area contributed by atoms with Crippen LogP contribution in [0.25, 0.3) is 6.08 Å². The van der Waals surface area contributed by atoms with Crippen molar-refractivity contribution in [2.24, 2.45) is 0 Å². The lowest BCUT2D eigenvalue weighted by Crippen LogP contribution is -2.21. The van der Waals surface area contributed by atoms with Crippen molar-refractivity contribution in [3.63, 3.8) is 0 Å². The summed E-state index contributed by atoms with van der Waals surface area (Å²) in [7, 11) is 0. The van der Waals surface area contributed by atoms with Crippen LogP contribution in [-0.4, -0.2) is 30.1 Å². The molecule has 0 unspecified atom stereocenters. The average Bonchev–Trinajstić information content (AvgIpc) is 3.14. The molecule has 0 fully saturated rings. The number of ketones is 1. The maximum Gasteiger partial charge on any atom is 0.312 e. The summed E-state index contributed by atoms with van der Waals surface area (Å²) in [5.41, 5.74) is 2.63. The summed E-state index contributed by atoms with van der Waals surface area (Å²) in [6, 6.07) is 15.3.